The van der Waals surface area contributed by atoms with Crippen LogP contribution in [0.3, 0.4) is 0 Å². The molecule has 2 saturated carbocycles. The standard InChI is InChI=1S/C22H34O3/c1-14(24)22(13-23)11-9-20-19-6-4-15-12-16(25-3)5-7-17(15)18(19)8-10-21(20,22)2/h5,14,18-20,23-24H,4,6-13H2,1-3H3/t14-,18+,19+,20-,21-,22-/m0/s1. The van der Waals surface area contributed by atoms with Crippen molar-refractivity contribution in [2.45, 2.75) is 71.3 Å². The summed E-state index contributed by atoms with van der Waals surface area (Å²) >= 11 is 0. The van der Waals surface area contributed by atoms with Crippen molar-refractivity contribution in [2.75, 3.05) is 13.7 Å². The number of allylic oxidation sites excluding steroid dienone is 3. The van der Waals surface area contributed by atoms with E-state index in [9.17, 15) is 10.2 Å². The molecule has 0 spiro atoms. The van der Waals surface area contributed by atoms with Crippen molar-refractivity contribution in [1.82, 2.24) is 0 Å². The van der Waals surface area contributed by atoms with Crippen molar-refractivity contribution in [3.05, 3.63) is 23.0 Å². The van der Waals surface area contributed by atoms with E-state index in [0.29, 0.717) is 5.92 Å². The van der Waals surface area contributed by atoms with Gasteiger partial charge < -0.3 is 14.9 Å². The average molecular weight is 347 g/mol. The SMILES string of the molecule is COC1=CCC2=C(CC[C@@H]3[C@@H]2CC[C@@]2(C)[C@H]3CC[C@]2(CO)[C@H](C)O)C1. The molecule has 0 aromatic rings. The van der Waals surface area contributed by atoms with Crippen LogP contribution >= 0.6 is 0 Å². The Bertz CT molecular complexity index is 604. The molecule has 0 aliphatic heterocycles. The summed E-state index contributed by atoms with van der Waals surface area (Å²) < 4.78 is 5.50. The van der Waals surface area contributed by atoms with E-state index in [1.54, 1.807) is 18.3 Å². The fourth-order valence-electron chi connectivity index (χ4n) is 7.29. The Hall–Kier alpha value is -0.800. The molecule has 0 unspecified atom stereocenters. The highest BCUT2D eigenvalue weighted by Gasteiger charge is 2.63. The highest BCUT2D eigenvalue weighted by molar-refractivity contribution is 5.33. The molecule has 4 aliphatic carbocycles. The van der Waals surface area contributed by atoms with Crippen molar-refractivity contribution < 1.29 is 14.9 Å². The molecule has 0 heterocycles. The van der Waals surface area contributed by atoms with E-state index in [1.807, 2.05) is 6.92 Å². The number of fused-ring (bicyclic) bond motifs is 4. The summed E-state index contributed by atoms with van der Waals surface area (Å²) in [5.41, 5.74) is 3.13. The number of rotatable bonds is 3. The molecule has 2 fully saturated rings. The van der Waals surface area contributed by atoms with Crippen LogP contribution in [0.25, 0.3) is 0 Å². The molecular formula is C22H34O3. The van der Waals surface area contributed by atoms with Gasteiger partial charge in [0.05, 0.1) is 25.6 Å². The van der Waals surface area contributed by atoms with E-state index in [2.05, 4.69) is 13.0 Å². The number of aliphatic hydroxyl groups excluding tert-OH is 2. The topological polar surface area (TPSA) is 49.7 Å². The molecule has 25 heavy (non-hydrogen) atoms. The maximum Gasteiger partial charge on any atom is 0.0959 e. The van der Waals surface area contributed by atoms with Crippen LogP contribution in [0.1, 0.15) is 65.2 Å². The first-order chi connectivity index (χ1) is 12.0. The molecule has 6 atom stereocenters. The summed E-state index contributed by atoms with van der Waals surface area (Å²) in [5.74, 6) is 3.25. The molecule has 0 saturated heterocycles. The fraction of sp³-hybridized carbons (Fsp3) is 0.818. The van der Waals surface area contributed by atoms with Gasteiger partial charge in [0.1, 0.15) is 0 Å². The molecular weight excluding hydrogens is 312 g/mol. The molecule has 0 aromatic carbocycles. The number of ether oxygens (including phenoxy) is 1. The zero-order valence-corrected chi connectivity index (χ0v) is 16.1. The molecule has 0 radical (unpaired) electrons. The van der Waals surface area contributed by atoms with Crippen LogP contribution in [-0.2, 0) is 4.74 Å². The van der Waals surface area contributed by atoms with Gasteiger partial charge in [-0.2, -0.15) is 0 Å². The third kappa shape index (κ3) is 2.31. The van der Waals surface area contributed by atoms with Crippen molar-refractivity contribution in [3.63, 3.8) is 0 Å². The average Bonchev–Trinajstić information content (AvgIpc) is 2.94. The van der Waals surface area contributed by atoms with Crippen molar-refractivity contribution in [2.24, 2.45) is 28.6 Å². The molecule has 4 rings (SSSR count). The monoisotopic (exact) mass is 346 g/mol. The summed E-state index contributed by atoms with van der Waals surface area (Å²) in [7, 11) is 1.79. The maximum absolute atomic E-state index is 10.6. The summed E-state index contributed by atoms with van der Waals surface area (Å²) in [6.45, 7) is 4.40. The van der Waals surface area contributed by atoms with Gasteiger partial charge >= 0.3 is 0 Å². The molecule has 0 amide bonds. The largest absolute Gasteiger partial charge is 0.501 e. The quantitative estimate of drug-likeness (QED) is 0.753. The molecule has 4 aliphatic rings. The normalized spacial score (nSPS) is 44.5. The smallest absolute Gasteiger partial charge is 0.0959 e. The molecule has 0 bridgehead atoms. The van der Waals surface area contributed by atoms with Crippen molar-refractivity contribution in [3.8, 4) is 0 Å². The van der Waals surface area contributed by atoms with Gasteiger partial charge in [0.25, 0.3) is 0 Å². The number of hydrogen-bond acceptors (Lipinski definition) is 3. The second-order valence-corrected chi connectivity index (χ2v) is 9.28. The van der Waals surface area contributed by atoms with Crippen LogP contribution in [0.5, 0.6) is 0 Å². The first-order valence-corrected chi connectivity index (χ1v) is 10.2. The van der Waals surface area contributed by atoms with E-state index >= 15 is 0 Å². The second-order valence-electron chi connectivity index (χ2n) is 9.28. The predicted octanol–water partition coefficient (Wildman–Crippen LogP) is 4.20. The van der Waals surface area contributed by atoms with E-state index < -0.39 is 6.10 Å². The summed E-state index contributed by atoms with van der Waals surface area (Å²) in [6, 6.07) is 0. The van der Waals surface area contributed by atoms with Gasteiger partial charge in [-0.15, -0.1) is 0 Å². The van der Waals surface area contributed by atoms with Crippen LogP contribution in [0, 0.1) is 28.6 Å². The zero-order valence-electron chi connectivity index (χ0n) is 16.1. The summed E-state index contributed by atoms with van der Waals surface area (Å²) in [6.07, 6.45) is 11.0. The highest BCUT2D eigenvalue weighted by Crippen LogP contribution is 2.68. The van der Waals surface area contributed by atoms with E-state index in [4.69, 9.17) is 4.74 Å². The number of methoxy groups -OCH3 is 1. The highest BCUT2D eigenvalue weighted by atomic mass is 16.5. The van der Waals surface area contributed by atoms with Crippen molar-refractivity contribution in [1.29, 1.82) is 0 Å². The molecule has 0 aromatic heterocycles. The zero-order chi connectivity index (χ0) is 17.8. The lowest BCUT2D eigenvalue weighted by atomic mass is 9.49. The molecule has 3 heteroatoms. The Morgan fingerprint density at radius 3 is 2.76 bits per heavy atom. The van der Waals surface area contributed by atoms with Gasteiger partial charge in [-0.05, 0) is 81.1 Å². The molecule has 3 nitrogen and oxygen atoms in total. The minimum absolute atomic E-state index is 0.0807. The van der Waals surface area contributed by atoms with Gasteiger partial charge in [-0.25, -0.2) is 0 Å². The Morgan fingerprint density at radius 1 is 1.28 bits per heavy atom. The Morgan fingerprint density at radius 2 is 2.08 bits per heavy atom. The van der Waals surface area contributed by atoms with Gasteiger partial charge in [-0.1, -0.05) is 18.1 Å². The lowest BCUT2D eigenvalue weighted by molar-refractivity contribution is -0.120. The van der Waals surface area contributed by atoms with E-state index in [-0.39, 0.29) is 17.4 Å². The maximum atomic E-state index is 10.6. The van der Waals surface area contributed by atoms with E-state index in [1.165, 1.54) is 25.7 Å². The predicted molar refractivity (Wildman–Crippen MR) is 98.8 cm³/mol. The lowest BCUT2D eigenvalue weighted by Crippen LogP contribution is -2.53. The second kappa shape index (κ2) is 6.13. The van der Waals surface area contributed by atoms with Gasteiger partial charge in [0.2, 0.25) is 0 Å². The van der Waals surface area contributed by atoms with Crippen LogP contribution in [-0.4, -0.2) is 30.0 Å². The number of aliphatic hydroxyl groups is 2. The first kappa shape index (κ1) is 17.6. The third-order valence-electron chi connectivity index (χ3n) is 8.83. The van der Waals surface area contributed by atoms with E-state index in [0.717, 1.165) is 43.3 Å². The lowest BCUT2D eigenvalue weighted by Gasteiger charge is -2.56. The van der Waals surface area contributed by atoms with Gasteiger partial charge in [0, 0.05) is 11.8 Å². The Kier molecular flexibility index (Phi) is 4.31. The summed E-state index contributed by atoms with van der Waals surface area (Å²) in [4.78, 5) is 0. The van der Waals surface area contributed by atoms with Crippen LogP contribution in [0.4, 0.5) is 0 Å². The Balaban J connectivity index is 1.63. The van der Waals surface area contributed by atoms with Gasteiger partial charge in [-0.3, -0.25) is 0 Å². The number of hydrogen-bond donors (Lipinski definition) is 2. The third-order valence-corrected chi connectivity index (χ3v) is 8.83. The Labute approximate surface area is 152 Å². The molecule has 140 valence electrons. The van der Waals surface area contributed by atoms with Gasteiger partial charge in [0.15, 0.2) is 0 Å². The van der Waals surface area contributed by atoms with Crippen molar-refractivity contribution >= 4 is 0 Å². The fourth-order valence-corrected chi connectivity index (χ4v) is 7.29. The molecule has 2 N–H and O–H groups in total. The van der Waals surface area contributed by atoms with Crippen LogP contribution in [0.15, 0.2) is 23.0 Å². The van der Waals surface area contributed by atoms with Crippen LogP contribution < -0.4 is 0 Å². The minimum atomic E-state index is -0.427. The van der Waals surface area contributed by atoms with Crippen LogP contribution in [0.2, 0.25) is 0 Å². The minimum Gasteiger partial charge on any atom is -0.501 e. The summed E-state index contributed by atoms with van der Waals surface area (Å²) in [5, 5.41) is 20.8. The first-order valence-electron chi connectivity index (χ1n) is 10.2.